The maximum Gasteiger partial charge on any atom is 0.257 e. The van der Waals surface area contributed by atoms with Gasteiger partial charge in [0.15, 0.2) is 5.13 Å². The number of benzene rings is 1. The lowest BCUT2D eigenvalue weighted by molar-refractivity contribution is 0.102. The Morgan fingerprint density at radius 2 is 2.00 bits per heavy atom. The van der Waals surface area contributed by atoms with Gasteiger partial charge in [-0.15, -0.1) is 22.7 Å². The van der Waals surface area contributed by atoms with Crippen molar-refractivity contribution < 1.29 is 4.79 Å². The van der Waals surface area contributed by atoms with E-state index in [-0.39, 0.29) is 5.91 Å². The number of amides is 1. The van der Waals surface area contributed by atoms with E-state index in [1.165, 1.54) is 41.1 Å². The molecule has 0 aliphatic heterocycles. The molecule has 3 rings (SSSR count). The topological polar surface area (TPSA) is 42.0 Å². The first kappa shape index (κ1) is 17.1. The number of thiazole rings is 1. The first-order valence-corrected chi connectivity index (χ1v) is 9.84. The fraction of sp³-hybridized carbons (Fsp3) is 0.222. The number of unbranched alkanes of at least 4 members (excludes halogenated alkanes) is 1. The standard InChI is InChI=1S/C18H17ClN2OS2/c1-2-3-4-12-5-7-13(8-6-12)17(22)21-18-20-14(11-23-18)15-9-10-16(19)24-15/h5-11H,2-4H2,1H3,(H,20,21,22). The van der Waals surface area contributed by atoms with Crippen molar-refractivity contribution in [1.82, 2.24) is 4.98 Å². The van der Waals surface area contributed by atoms with E-state index >= 15 is 0 Å². The second-order valence-corrected chi connectivity index (χ2v) is 7.97. The first-order chi connectivity index (χ1) is 11.7. The predicted molar refractivity (Wildman–Crippen MR) is 103 cm³/mol. The molecule has 124 valence electrons. The largest absolute Gasteiger partial charge is 0.298 e. The van der Waals surface area contributed by atoms with E-state index in [1.54, 1.807) is 0 Å². The Labute approximate surface area is 154 Å². The number of anilines is 1. The number of rotatable bonds is 6. The van der Waals surface area contributed by atoms with Gasteiger partial charge in [0.1, 0.15) is 0 Å². The van der Waals surface area contributed by atoms with Gasteiger partial charge in [-0.25, -0.2) is 4.98 Å². The van der Waals surface area contributed by atoms with Gasteiger partial charge in [0.2, 0.25) is 0 Å². The van der Waals surface area contributed by atoms with E-state index < -0.39 is 0 Å². The van der Waals surface area contributed by atoms with E-state index in [4.69, 9.17) is 11.6 Å². The molecule has 0 atom stereocenters. The number of hydrogen-bond donors (Lipinski definition) is 1. The van der Waals surface area contributed by atoms with Gasteiger partial charge in [0.25, 0.3) is 5.91 Å². The van der Waals surface area contributed by atoms with Gasteiger partial charge < -0.3 is 0 Å². The molecule has 1 amide bonds. The fourth-order valence-corrected chi connectivity index (χ4v) is 4.05. The monoisotopic (exact) mass is 376 g/mol. The SMILES string of the molecule is CCCCc1ccc(C(=O)Nc2nc(-c3ccc(Cl)s3)cs2)cc1. The molecule has 0 saturated heterocycles. The van der Waals surface area contributed by atoms with Crippen molar-refractivity contribution in [3.8, 4) is 10.6 Å². The zero-order valence-electron chi connectivity index (χ0n) is 13.2. The second-order valence-electron chi connectivity index (χ2n) is 5.40. The van der Waals surface area contributed by atoms with Crippen molar-refractivity contribution in [2.45, 2.75) is 26.2 Å². The minimum Gasteiger partial charge on any atom is -0.298 e. The highest BCUT2D eigenvalue weighted by molar-refractivity contribution is 7.20. The number of halogens is 1. The zero-order valence-corrected chi connectivity index (χ0v) is 15.6. The quantitative estimate of drug-likeness (QED) is 0.563. The number of carbonyl (C=O) groups excluding carboxylic acids is 1. The third-order valence-corrected chi connectivity index (χ3v) is 5.60. The van der Waals surface area contributed by atoms with E-state index in [2.05, 4.69) is 17.2 Å². The summed E-state index contributed by atoms with van der Waals surface area (Å²) in [6.07, 6.45) is 3.39. The Balaban J connectivity index is 1.65. The molecule has 1 aromatic carbocycles. The third kappa shape index (κ3) is 4.23. The van der Waals surface area contributed by atoms with Crippen LogP contribution in [0.3, 0.4) is 0 Å². The van der Waals surface area contributed by atoms with Crippen LogP contribution in [0.2, 0.25) is 4.34 Å². The van der Waals surface area contributed by atoms with Crippen LogP contribution in [0.5, 0.6) is 0 Å². The van der Waals surface area contributed by atoms with Crippen LogP contribution in [0, 0.1) is 0 Å². The summed E-state index contributed by atoms with van der Waals surface area (Å²) in [4.78, 5) is 17.8. The number of aromatic nitrogens is 1. The fourth-order valence-electron chi connectivity index (χ4n) is 2.27. The summed E-state index contributed by atoms with van der Waals surface area (Å²) in [7, 11) is 0. The molecule has 0 fully saturated rings. The van der Waals surface area contributed by atoms with Crippen LogP contribution in [-0.4, -0.2) is 10.9 Å². The zero-order chi connectivity index (χ0) is 16.9. The average Bonchev–Trinajstić information content (AvgIpc) is 3.22. The van der Waals surface area contributed by atoms with Crippen LogP contribution in [-0.2, 0) is 6.42 Å². The summed E-state index contributed by atoms with van der Waals surface area (Å²) in [5.74, 6) is -0.137. The Morgan fingerprint density at radius 1 is 1.21 bits per heavy atom. The summed E-state index contributed by atoms with van der Waals surface area (Å²) in [5.41, 5.74) is 2.74. The predicted octanol–water partition coefficient (Wildman–Crippen LogP) is 6.12. The summed E-state index contributed by atoms with van der Waals surface area (Å²) in [6, 6.07) is 11.6. The van der Waals surface area contributed by atoms with E-state index in [0.717, 1.165) is 21.3 Å². The Hall–Kier alpha value is -1.69. The average molecular weight is 377 g/mol. The molecule has 0 aliphatic carbocycles. The Kier molecular flexibility index (Phi) is 5.66. The number of nitrogens with one attached hydrogen (secondary N) is 1. The van der Waals surface area contributed by atoms with Crippen LogP contribution in [0.1, 0.15) is 35.7 Å². The number of thiophene rings is 1. The summed E-state index contributed by atoms with van der Waals surface area (Å²) in [5, 5.41) is 5.37. The molecule has 0 aliphatic rings. The molecule has 0 bridgehead atoms. The van der Waals surface area contributed by atoms with Gasteiger partial charge in [0, 0.05) is 10.9 Å². The summed E-state index contributed by atoms with van der Waals surface area (Å²) >= 11 is 8.84. The third-order valence-electron chi connectivity index (χ3n) is 3.59. The molecule has 24 heavy (non-hydrogen) atoms. The molecule has 0 spiro atoms. The molecule has 0 unspecified atom stereocenters. The van der Waals surface area contributed by atoms with Crippen molar-refractivity contribution in [2.75, 3.05) is 5.32 Å². The number of carbonyl (C=O) groups is 1. The lowest BCUT2D eigenvalue weighted by atomic mass is 10.1. The van der Waals surface area contributed by atoms with E-state index in [1.807, 2.05) is 41.8 Å². The molecule has 1 N–H and O–H groups in total. The molecule has 2 aromatic heterocycles. The maximum atomic E-state index is 12.3. The molecule has 0 saturated carbocycles. The van der Waals surface area contributed by atoms with Gasteiger partial charge in [-0.1, -0.05) is 37.1 Å². The molecular weight excluding hydrogens is 360 g/mol. The van der Waals surface area contributed by atoms with Crippen molar-refractivity contribution in [1.29, 1.82) is 0 Å². The highest BCUT2D eigenvalue weighted by Gasteiger charge is 2.11. The highest BCUT2D eigenvalue weighted by Crippen LogP contribution is 2.32. The minimum absolute atomic E-state index is 0.137. The molecule has 3 aromatic rings. The van der Waals surface area contributed by atoms with Crippen molar-refractivity contribution in [3.05, 3.63) is 57.2 Å². The van der Waals surface area contributed by atoms with Gasteiger partial charge >= 0.3 is 0 Å². The van der Waals surface area contributed by atoms with Crippen LogP contribution in [0.25, 0.3) is 10.6 Å². The molecular formula is C18H17ClN2OS2. The molecule has 3 nitrogen and oxygen atoms in total. The van der Waals surface area contributed by atoms with E-state index in [0.29, 0.717) is 10.7 Å². The van der Waals surface area contributed by atoms with Crippen molar-refractivity contribution >= 4 is 45.3 Å². The Bertz CT molecular complexity index is 824. The first-order valence-electron chi connectivity index (χ1n) is 7.77. The van der Waals surface area contributed by atoms with Gasteiger partial charge in [-0.3, -0.25) is 10.1 Å². The second kappa shape index (κ2) is 7.92. The number of aryl methyl sites for hydroxylation is 1. The van der Waals surface area contributed by atoms with Gasteiger partial charge in [0.05, 0.1) is 14.9 Å². The van der Waals surface area contributed by atoms with E-state index in [9.17, 15) is 4.79 Å². The van der Waals surface area contributed by atoms with Crippen LogP contribution in [0.15, 0.2) is 41.8 Å². The molecule has 0 radical (unpaired) electrons. The normalized spacial score (nSPS) is 10.8. The van der Waals surface area contributed by atoms with Crippen LogP contribution in [0.4, 0.5) is 5.13 Å². The molecule has 2 heterocycles. The minimum atomic E-state index is -0.137. The molecule has 6 heteroatoms. The van der Waals surface area contributed by atoms with Crippen molar-refractivity contribution in [3.63, 3.8) is 0 Å². The summed E-state index contributed by atoms with van der Waals surface area (Å²) in [6.45, 7) is 2.17. The lowest BCUT2D eigenvalue weighted by Gasteiger charge is -2.04. The summed E-state index contributed by atoms with van der Waals surface area (Å²) < 4.78 is 0.728. The van der Waals surface area contributed by atoms with Gasteiger partial charge in [-0.2, -0.15) is 0 Å². The lowest BCUT2D eigenvalue weighted by Crippen LogP contribution is -2.11. The Morgan fingerprint density at radius 3 is 2.67 bits per heavy atom. The van der Waals surface area contributed by atoms with Crippen LogP contribution < -0.4 is 5.32 Å². The van der Waals surface area contributed by atoms with Gasteiger partial charge in [-0.05, 0) is 42.7 Å². The smallest absolute Gasteiger partial charge is 0.257 e. The number of nitrogens with zero attached hydrogens (tertiary/aromatic N) is 1. The van der Waals surface area contributed by atoms with Crippen molar-refractivity contribution in [2.24, 2.45) is 0 Å². The number of hydrogen-bond acceptors (Lipinski definition) is 4. The maximum absolute atomic E-state index is 12.3. The van der Waals surface area contributed by atoms with Crippen LogP contribution >= 0.6 is 34.3 Å². The highest BCUT2D eigenvalue weighted by atomic mass is 35.5.